The van der Waals surface area contributed by atoms with E-state index < -0.39 is 5.91 Å². The summed E-state index contributed by atoms with van der Waals surface area (Å²) in [6, 6.07) is 16.7. The number of carbonyl (C=O) groups is 2. The van der Waals surface area contributed by atoms with Crippen molar-refractivity contribution in [2.75, 3.05) is 12.4 Å². The van der Waals surface area contributed by atoms with E-state index >= 15 is 0 Å². The Hall–Kier alpha value is -4.51. The fourth-order valence-corrected chi connectivity index (χ4v) is 3.68. The highest BCUT2D eigenvalue weighted by atomic mass is 16.5. The largest absolute Gasteiger partial charge is 0.494 e. The van der Waals surface area contributed by atoms with Crippen LogP contribution in [0.15, 0.2) is 54.7 Å². The van der Waals surface area contributed by atoms with Gasteiger partial charge in [0, 0.05) is 23.8 Å². The SMILES string of the molecule is COc1cccc2c(C)cc(-n3ncc(C#N)c3NC(=O)CCC(=O)c3ccc(C)cc3)nc12. The molecule has 0 fully saturated rings. The molecule has 0 bridgehead atoms. The van der Waals surface area contributed by atoms with Gasteiger partial charge in [-0.15, -0.1) is 0 Å². The number of methoxy groups -OCH3 is 1. The van der Waals surface area contributed by atoms with Crippen molar-refractivity contribution in [3.8, 4) is 17.6 Å². The fourth-order valence-electron chi connectivity index (χ4n) is 3.68. The Balaban J connectivity index is 1.59. The third-order valence-electron chi connectivity index (χ3n) is 5.53. The number of benzene rings is 2. The summed E-state index contributed by atoms with van der Waals surface area (Å²) < 4.78 is 6.86. The molecule has 0 radical (unpaired) electrons. The molecule has 8 heteroatoms. The smallest absolute Gasteiger partial charge is 0.226 e. The third-order valence-corrected chi connectivity index (χ3v) is 5.53. The number of anilines is 1. The Kier molecular flexibility index (Phi) is 6.37. The Bertz CT molecular complexity index is 1430. The van der Waals surface area contributed by atoms with Crippen molar-refractivity contribution in [1.29, 1.82) is 5.26 Å². The van der Waals surface area contributed by atoms with Gasteiger partial charge in [-0.2, -0.15) is 15.0 Å². The molecule has 170 valence electrons. The number of amides is 1. The molecule has 2 heterocycles. The van der Waals surface area contributed by atoms with Gasteiger partial charge in [0.05, 0.1) is 13.3 Å². The summed E-state index contributed by atoms with van der Waals surface area (Å²) >= 11 is 0. The van der Waals surface area contributed by atoms with Crippen LogP contribution in [0, 0.1) is 25.2 Å². The summed E-state index contributed by atoms with van der Waals surface area (Å²) in [6.45, 7) is 3.89. The summed E-state index contributed by atoms with van der Waals surface area (Å²) in [5.74, 6) is 0.727. The van der Waals surface area contributed by atoms with E-state index in [0.717, 1.165) is 16.5 Å². The number of aromatic nitrogens is 3. The van der Waals surface area contributed by atoms with Crippen molar-refractivity contribution in [3.63, 3.8) is 0 Å². The van der Waals surface area contributed by atoms with Crippen molar-refractivity contribution in [2.45, 2.75) is 26.7 Å². The van der Waals surface area contributed by atoms with Crippen molar-refractivity contribution in [3.05, 3.63) is 77.0 Å². The van der Waals surface area contributed by atoms with Crippen molar-refractivity contribution >= 4 is 28.4 Å². The van der Waals surface area contributed by atoms with Gasteiger partial charge >= 0.3 is 0 Å². The van der Waals surface area contributed by atoms with Crippen molar-refractivity contribution in [1.82, 2.24) is 14.8 Å². The number of pyridine rings is 1. The molecule has 0 spiro atoms. The van der Waals surface area contributed by atoms with E-state index in [4.69, 9.17) is 4.74 Å². The zero-order chi connectivity index (χ0) is 24.2. The fraction of sp³-hybridized carbons (Fsp3) is 0.192. The van der Waals surface area contributed by atoms with Crippen LogP contribution in [-0.2, 0) is 4.79 Å². The van der Waals surface area contributed by atoms with Crippen LogP contribution in [0.4, 0.5) is 5.82 Å². The van der Waals surface area contributed by atoms with E-state index in [0.29, 0.717) is 22.6 Å². The second-order valence-corrected chi connectivity index (χ2v) is 7.92. The first kappa shape index (κ1) is 22.7. The minimum atomic E-state index is -0.395. The number of nitriles is 1. The second kappa shape index (κ2) is 9.55. The summed E-state index contributed by atoms with van der Waals surface area (Å²) in [5.41, 5.74) is 3.40. The highest BCUT2D eigenvalue weighted by Gasteiger charge is 2.18. The van der Waals surface area contributed by atoms with Crippen LogP contribution in [0.3, 0.4) is 0 Å². The average Bonchev–Trinajstić information content (AvgIpc) is 3.25. The summed E-state index contributed by atoms with van der Waals surface area (Å²) in [5, 5.41) is 17.5. The molecule has 1 N–H and O–H groups in total. The first-order chi connectivity index (χ1) is 16.4. The lowest BCUT2D eigenvalue weighted by Gasteiger charge is -2.12. The van der Waals surface area contributed by atoms with Crippen LogP contribution in [0.25, 0.3) is 16.7 Å². The molecule has 4 aromatic rings. The number of hydrogen-bond acceptors (Lipinski definition) is 6. The van der Waals surface area contributed by atoms with Crippen molar-refractivity contribution < 1.29 is 14.3 Å². The van der Waals surface area contributed by atoms with Crippen LogP contribution in [0.2, 0.25) is 0 Å². The first-order valence-corrected chi connectivity index (χ1v) is 10.7. The number of ketones is 1. The summed E-state index contributed by atoms with van der Waals surface area (Å²) in [7, 11) is 1.57. The molecule has 0 aliphatic heterocycles. The minimum Gasteiger partial charge on any atom is -0.494 e. The molecular weight excluding hydrogens is 430 g/mol. The van der Waals surface area contributed by atoms with E-state index in [2.05, 4.69) is 15.4 Å². The number of nitrogens with zero attached hydrogens (tertiary/aromatic N) is 4. The average molecular weight is 454 g/mol. The van der Waals surface area contributed by atoms with Crippen LogP contribution in [0.5, 0.6) is 5.75 Å². The predicted octanol–water partition coefficient (Wildman–Crippen LogP) is 4.52. The van der Waals surface area contributed by atoms with Crippen LogP contribution < -0.4 is 10.1 Å². The summed E-state index contributed by atoms with van der Waals surface area (Å²) in [4.78, 5) is 29.8. The quantitative estimate of drug-likeness (QED) is 0.412. The van der Waals surface area contributed by atoms with Gasteiger partial charge in [0.15, 0.2) is 17.4 Å². The van der Waals surface area contributed by atoms with E-state index in [1.54, 1.807) is 19.2 Å². The monoisotopic (exact) mass is 453 g/mol. The molecule has 0 atom stereocenters. The third kappa shape index (κ3) is 4.50. The van der Waals surface area contributed by atoms with Gasteiger partial charge in [0.25, 0.3) is 0 Å². The number of fused-ring (bicyclic) bond motifs is 1. The maximum atomic E-state index is 12.7. The van der Waals surface area contributed by atoms with Crippen LogP contribution >= 0.6 is 0 Å². The van der Waals surface area contributed by atoms with E-state index in [-0.39, 0.29) is 30.0 Å². The first-order valence-electron chi connectivity index (χ1n) is 10.7. The number of aryl methyl sites for hydroxylation is 2. The highest BCUT2D eigenvalue weighted by Crippen LogP contribution is 2.29. The Morgan fingerprint density at radius 1 is 1.12 bits per heavy atom. The molecule has 8 nitrogen and oxygen atoms in total. The molecule has 4 rings (SSSR count). The highest BCUT2D eigenvalue weighted by molar-refractivity contribution is 6.00. The van der Waals surface area contributed by atoms with Gasteiger partial charge < -0.3 is 10.1 Å². The van der Waals surface area contributed by atoms with Gasteiger partial charge in [-0.05, 0) is 31.5 Å². The molecule has 2 aromatic heterocycles. The molecule has 0 saturated carbocycles. The number of rotatable bonds is 7. The van der Waals surface area contributed by atoms with Crippen LogP contribution in [-0.4, -0.2) is 33.6 Å². The van der Waals surface area contributed by atoms with E-state index in [1.807, 2.05) is 56.3 Å². The number of hydrogen-bond donors (Lipinski definition) is 1. The Morgan fingerprint density at radius 3 is 2.59 bits per heavy atom. The van der Waals surface area contributed by atoms with Gasteiger partial charge in [-0.3, -0.25) is 9.59 Å². The molecule has 34 heavy (non-hydrogen) atoms. The number of Topliss-reactive ketones (excluding diaryl/α,β-unsaturated/α-hetero) is 1. The minimum absolute atomic E-state index is 0.0270. The summed E-state index contributed by atoms with van der Waals surface area (Å²) in [6.07, 6.45) is 1.40. The van der Waals surface area contributed by atoms with Gasteiger partial charge in [0.1, 0.15) is 22.9 Å². The van der Waals surface area contributed by atoms with Gasteiger partial charge in [-0.1, -0.05) is 42.0 Å². The lowest BCUT2D eigenvalue weighted by molar-refractivity contribution is -0.116. The van der Waals surface area contributed by atoms with Gasteiger partial charge in [-0.25, -0.2) is 4.98 Å². The standard InChI is InChI=1S/C26H23N5O3/c1-16-7-9-18(10-8-16)21(32)11-12-24(33)30-26-19(14-27)15-28-31(26)23-13-17(2)20-5-4-6-22(34-3)25(20)29-23/h4-10,13,15H,11-12H2,1-3H3,(H,30,33). The second-order valence-electron chi connectivity index (χ2n) is 7.92. The van der Waals surface area contributed by atoms with E-state index in [9.17, 15) is 14.9 Å². The number of nitrogens with one attached hydrogen (secondary N) is 1. The molecule has 0 saturated heterocycles. The normalized spacial score (nSPS) is 10.6. The van der Waals surface area contributed by atoms with Gasteiger partial charge in [0.2, 0.25) is 5.91 Å². The molecule has 0 aliphatic carbocycles. The topological polar surface area (TPSA) is 110 Å². The Labute approximate surface area is 196 Å². The molecule has 0 unspecified atom stereocenters. The molecule has 0 aliphatic rings. The molecular formula is C26H23N5O3. The van der Waals surface area contributed by atoms with Crippen LogP contribution in [0.1, 0.15) is 39.9 Å². The number of para-hydroxylation sites is 1. The van der Waals surface area contributed by atoms with Crippen molar-refractivity contribution in [2.24, 2.45) is 0 Å². The maximum Gasteiger partial charge on any atom is 0.226 e. The van der Waals surface area contributed by atoms with E-state index in [1.165, 1.54) is 10.9 Å². The molecule has 2 aromatic carbocycles. The zero-order valence-electron chi connectivity index (χ0n) is 19.1. The predicted molar refractivity (Wildman–Crippen MR) is 128 cm³/mol. The molecule has 1 amide bonds. The maximum absolute atomic E-state index is 12.7. The Morgan fingerprint density at radius 2 is 1.88 bits per heavy atom. The zero-order valence-corrected chi connectivity index (χ0v) is 19.1. The number of carbonyl (C=O) groups excluding carboxylic acids is 2. The number of ether oxygens (including phenoxy) is 1. The lowest BCUT2D eigenvalue weighted by Crippen LogP contribution is -2.17. The lowest BCUT2D eigenvalue weighted by atomic mass is 10.0.